The number of nitrogens with one attached hydrogen (secondary N) is 1. The lowest BCUT2D eigenvalue weighted by Crippen LogP contribution is -2.35. The fraction of sp³-hybridized carbons (Fsp3) is 0.294. The molecule has 2 aromatic carbocycles. The Hall–Kier alpha value is -0.670. The molecule has 0 unspecified atom stereocenters. The zero-order chi connectivity index (χ0) is 15.5. The van der Waals surface area contributed by atoms with Crippen LogP contribution in [0.5, 0.6) is 0 Å². The third kappa shape index (κ3) is 5.23. The van der Waals surface area contributed by atoms with Crippen LogP contribution in [0.25, 0.3) is 0 Å². The lowest BCUT2D eigenvalue weighted by molar-refractivity contribution is 0.424. The van der Waals surface area contributed by atoms with Gasteiger partial charge in [0, 0.05) is 26.9 Å². The topological polar surface area (TPSA) is 12.0 Å². The molecule has 0 aliphatic carbocycles. The van der Waals surface area contributed by atoms with Gasteiger partial charge in [-0.05, 0) is 50.6 Å². The zero-order valence-corrected chi connectivity index (χ0v) is 14.7. The summed E-state index contributed by atoms with van der Waals surface area (Å²) >= 11 is 14.2. The van der Waals surface area contributed by atoms with Gasteiger partial charge in [-0.1, -0.05) is 53.2 Å². The minimum absolute atomic E-state index is 0.0777. The van der Waals surface area contributed by atoms with Gasteiger partial charge in [-0.3, -0.25) is 0 Å². The second kappa shape index (κ2) is 7.06. The number of halogens is 2. The van der Waals surface area contributed by atoms with Crippen molar-refractivity contribution in [2.24, 2.45) is 0 Å². The van der Waals surface area contributed by atoms with Crippen molar-refractivity contribution in [1.82, 2.24) is 5.32 Å². The quantitative estimate of drug-likeness (QED) is 0.729. The van der Waals surface area contributed by atoms with Crippen molar-refractivity contribution in [3.63, 3.8) is 0 Å². The Balaban J connectivity index is 2.10. The van der Waals surface area contributed by atoms with Crippen molar-refractivity contribution >= 4 is 35.0 Å². The summed E-state index contributed by atoms with van der Waals surface area (Å²) in [7, 11) is 0. The summed E-state index contributed by atoms with van der Waals surface area (Å²) in [6, 6.07) is 14.0. The molecule has 0 aromatic heterocycles. The maximum atomic E-state index is 6.38. The molecule has 4 heteroatoms. The molecule has 2 rings (SSSR count). The van der Waals surface area contributed by atoms with E-state index in [4.69, 9.17) is 23.2 Å². The molecule has 0 aliphatic rings. The molecule has 112 valence electrons. The van der Waals surface area contributed by atoms with Gasteiger partial charge in [0.05, 0.1) is 5.02 Å². The summed E-state index contributed by atoms with van der Waals surface area (Å²) in [6.45, 7) is 7.19. The summed E-state index contributed by atoms with van der Waals surface area (Å²) in [6.07, 6.45) is 0. The Bertz CT molecular complexity index is 620. The molecule has 0 heterocycles. The summed E-state index contributed by atoms with van der Waals surface area (Å²) in [4.78, 5) is 2.13. The van der Waals surface area contributed by atoms with E-state index in [-0.39, 0.29) is 5.54 Å². The van der Waals surface area contributed by atoms with Crippen LogP contribution in [0, 0.1) is 0 Å². The summed E-state index contributed by atoms with van der Waals surface area (Å²) in [5.41, 5.74) is 1.18. The molecule has 0 atom stereocenters. The molecular formula is C17H19Cl2NS. The van der Waals surface area contributed by atoms with Gasteiger partial charge in [-0.15, -0.1) is 0 Å². The average Bonchev–Trinajstić information content (AvgIpc) is 2.39. The Morgan fingerprint density at radius 1 is 1.00 bits per heavy atom. The maximum Gasteiger partial charge on any atom is 0.0545 e. The van der Waals surface area contributed by atoms with E-state index in [1.54, 1.807) is 11.8 Å². The second-order valence-electron chi connectivity index (χ2n) is 5.89. The Morgan fingerprint density at radius 2 is 1.71 bits per heavy atom. The predicted molar refractivity (Wildman–Crippen MR) is 93.6 cm³/mol. The van der Waals surface area contributed by atoms with Crippen LogP contribution < -0.4 is 5.32 Å². The summed E-state index contributed by atoms with van der Waals surface area (Å²) in [5.74, 6) is 0. The van der Waals surface area contributed by atoms with E-state index in [2.05, 4.69) is 38.2 Å². The van der Waals surface area contributed by atoms with Gasteiger partial charge in [-0.25, -0.2) is 0 Å². The minimum Gasteiger partial charge on any atom is -0.308 e. The van der Waals surface area contributed by atoms with Crippen LogP contribution in [0.1, 0.15) is 26.3 Å². The predicted octanol–water partition coefficient (Wildman–Crippen LogP) is 6.03. The van der Waals surface area contributed by atoms with Crippen LogP contribution in [-0.2, 0) is 6.54 Å². The molecule has 0 amide bonds. The molecule has 0 fully saturated rings. The highest BCUT2D eigenvalue weighted by atomic mass is 35.5. The summed E-state index contributed by atoms with van der Waals surface area (Å²) < 4.78 is 0. The minimum atomic E-state index is 0.0777. The van der Waals surface area contributed by atoms with Crippen molar-refractivity contribution < 1.29 is 0 Å². The van der Waals surface area contributed by atoms with Gasteiger partial charge in [0.25, 0.3) is 0 Å². The van der Waals surface area contributed by atoms with E-state index in [1.807, 2.05) is 30.3 Å². The second-order valence-corrected chi connectivity index (χ2v) is 7.82. The fourth-order valence-electron chi connectivity index (χ4n) is 1.75. The smallest absolute Gasteiger partial charge is 0.0545 e. The molecule has 1 nitrogen and oxygen atoms in total. The van der Waals surface area contributed by atoms with Crippen molar-refractivity contribution in [3.05, 3.63) is 58.1 Å². The number of hydrogen-bond donors (Lipinski definition) is 1. The SMILES string of the molecule is CC(C)(C)NCc1ccc(Sc2ccccc2Cl)cc1Cl. The highest BCUT2D eigenvalue weighted by Crippen LogP contribution is 2.34. The van der Waals surface area contributed by atoms with Gasteiger partial charge < -0.3 is 5.32 Å². The molecule has 0 aliphatic heterocycles. The normalized spacial score (nSPS) is 11.7. The lowest BCUT2D eigenvalue weighted by atomic mass is 10.1. The van der Waals surface area contributed by atoms with E-state index in [9.17, 15) is 0 Å². The first-order valence-electron chi connectivity index (χ1n) is 6.81. The van der Waals surface area contributed by atoms with Crippen LogP contribution in [0.15, 0.2) is 52.3 Å². The number of rotatable bonds is 4. The van der Waals surface area contributed by atoms with E-state index >= 15 is 0 Å². The molecular weight excluding hydrogens is 321 g/mol. The molecule has 2 aromatic rings. The van der Waals surface area contributed by atoms with E-state index < -0.39 is 0 Å². The lowest BCUT2D eigenvalue weighted by Gasteiger charge is -2.21. The standard InChI is InChI=1S/C17H19Cl2NS/c1-17(2,3)20-11-12-8-9-13(10-15(12)19)21-16-7-5-4-6-14(16)18/h4-10,20H,11H2,1-3H3. The molecule has 0 radical (unpaired) electrons. The zero-order valence-electron chi connectivity index (χ0n) is 12.4. The highest BCUT2D eigenvalue weighted by molar-refractivity contribution is 7.99. The van der Waals surface area contributed by atoms with Crippen molar-refractivity contribution in [3.8, 4) is 0 Å². The monoisotopic (exact) mass is 339 g/mol. The van der Waals surface area contributed by atoms with Crippen LogP contribution in [0.4, 0.5) is 0 Å². The van der Waals surface area contributed by atoms with Gasteiger partial charge in [-0.2, -0.15) is 0 Å². The van der Waals surface area contributed by atoms with Crippen molar-refractivity contribution in [1.29, 1.82) is 0 Å². The first-order chi connectivity index (χ1) is 9.85. The van der Waals surface area contributed by atoms with Crippen molar-refractivity contribution in [2.75, 3.05) is 0 Å². The van der Waals surface area contributed by atoms with Crippen LogP contribution in [-0.4, -0.2) is 5.54 Å². The largest absolute Gasteiger partial charge is 0.308 e. The average molecular weight is 340 g/mol. The van der Waals surface area contributed by atoms with Gasteiger partial charge in [0.2, 0.25) is 0 Å². The molecule has 0 spiro atoms. The maximum absolute atomic E-state index is 6.38. The first-order valence-corrected chi connectivity index (χ1v) is 8.38. The molecule has 0 bridgehead atoms. The third-order valence-electron chi connectivity index (χ3n) is 2.90. The van der Waals surface area contributed by atoms with Crippen LogP contribution in [0.2, 0.25) is 10.0 Å². The number of benzene rings is 2. The van der Waals surface area contributed by atoms with Gasteiger partial charge in [0.1, 0.15) is 0 Å². The molecule has 21 heavy (non-hydrogen) atoms. The Morgan fingerprint density at radius 3 is 2.33 bits per heavy atom. The van der Waals surface area contributed by atoms with Crippen LogP contribution >= 0.6 is 35.0 Å². The summed E-state index contributed by atoms with van der Waals surface area (Å²) in [5, 5.41) is 4.99. The van der Waals surface area contributed by atoms with Crippen LogP contribution in [0.3, 0.4) is 0 Å². The Kier molecular flexibility index (Phi) is 5.61. The van der Waals surface area contributed by atoms with Crippen molar-refractivity contribution in [2.45, 2.75) is 42.6 Å². The van der Waals surface area contributed by atoms with E-state index in [0.717, 1.165) is 31.9 Å². The molecule has 0 saturated heterocycles. The first kappa shape index (κ1) is 16.7. The molecule has 1 N–H and O–H groups in total. The number of hydrogen-bond acceptors (Lipinski definition) is 2. The third-order valence-corrected chi connectivity index (χ3v) is 4.76. The molecule has 0 saturated carbocycles. The van der Waals surface area contributed by atoms with E-state index in [0.29, 0.717) is 0 Å². The fourth-order valence-corrected chi connectivity index (χ4v) is 3.19. The van der Waals surface area contributed by atoms with E-state index in [1.165, 1.54) is 0 Å². The Labute approximate surface area is 141 Å². The van der Waals surface area contributed by atoms with Gasteiger partial charge in [0.15, 0.2) is 0 Å². The highest BCUT2D eigenvalue weighted by Gasteiger charge is 2.11. The van der Waals surface area contributed by atoms with Gasteiger partial charge >= 0.3 is 0 Å².